The van der Waals surface area contributed by atoms with Gasteiger partial charge < -0.3 is 19.4 Å². The number of rotatable bonds is 5. The number of fused-ring (bicyclic) bond motifs is 3. The van der Waals surface area contributed by atoms with Gasteiger partial charge in [0, 0.05) is 41.7 Å². The van der Waals surface area contributed by atoms with Crippen molar-refractivity contribution in [2.45, 2.75) is 38.5 Å². The van der Waals surface area contributed by atoms with Crippen molar-refractivity contribution < 1.29 is 18.7 Å². The molecule has 2 aliphatic rings. The summed E-state index contributed by atoms with van der Waals surface area (Å²) < 4.78 is 11.7. The van der Waals surface area contributed by atoms with Crippen LogP contribution in [0.25, 0.3) is 11.0 Å². The Morgan fingerprint density at radius 2 is 1.97 bits per heavy atom. The molecule has 2 aromatic carbocycles. The summed E-state index contributed by atoms with van der Waals surface area (Å²) in [5.41, 5.74) is 3.62. The summed E-state index contributed by atoms with van der Waals surface area (Å²) in [5, 5.41) is 3.94. The van der Waals surface area contributed by atoms with Gasteiger partial charge in [-0.1, -0.05) is 6.07 Å². The van der Waals surface area contributed by atoms with Crippen molar-refractivity contribution in [1.82, 2.24) is 0 Å². The summed E-state index contributed by atoms with van der Waals surface area (Å²) in [6, 6.07) is 13.1. The first-order chi connectivity index (χ1) is 14.7. The molecule has 6 heteroatoms. The van der Waals surface area contributed by atoms with E-state index in [0.717, 1.165) is 48.2 Å². The quantitative estimate of drug-likeness (QED) is 0.682. The highest BCUT2D eigenvalue weighted by Crippen LogP contribution is 2.34. The number of aryl methyl sites for hydroxylation is 2. The maximum atomic E-state index is 12.4. The first kappa shape index (κ1) is 18.7. The van der Waals surface area contributed by atoms with Crippen molar-refractivity contribution >= 4 is 34.2 Å². The molecule has 1 saturated heterocycles. The molecule has 0 atom stereocenters. The number of carbonyl (C=O) groups is 2. The van der Waals surface area contributed by atoms with Crippen LogP contribution >= 0.6 is 0 Å². The van der Waals surface area contributed by atoms with Gasteiger partial charge in [-0.25, -0.2) is 0 Å². The lowest BCUT2D eigenvalue weighted by Gasteiger charge is -2.16. The fraction of sp³-hybridized carbons (Fsp3) is 0.333. The molecule has 1 N–H and O–H groups in total. The molecule has 2 heterocycles. The van der Waals surface area contributed by atoms with E-state index in [4.69, 9.17) is 9.15 Å². The highest BCUT2D eigenvalue weighted by Gasteiger charge is 2.22. The van der Waals surface area contributed by atoms with Gasteiger partial charge in [-0.05, 0) is 62.1 Å². The zero-order valence-electron chi connectivity index (χ0n) is 16.8. The number of benzene rings is 2. The van der Waals surface area contributed by atoms with E-state index in [1.165, 1.54) is 18.4 Å². The summed E-state index contributed by atoms with van der Waals surface area (Å²) in [5.74, 6) is 1.62. The number of anilines is 2. The third-order valence-corrected chi connectivity index (χ3v) is 5.81. The predicted molar refractivity (Wildman–Crippen MR) is 115 cm³/mol. The number of hydrogen-bond acceptors (Lipinski definition) is 4. The lowest BCUT2D eigenvalue weighted by molar-refractivity contribution is -0.118. The Morgan fingerprint density at radius 3 is 2.83 bits per heavy atom. The van der Waals surface area contributed by atoms with E-state index in [1.807, 2.05) is 42.5 Å². The highest BCUT2D eigenvalue weighted by molar-refractivity contribution is 5.97. The normalized spacial score (nSPS) is 16.0. The first-order valence-corrected chi connectivity index (χ1v) is 10.5. The molecule has 1 fully saturated rings. The Bertz CT molecular complexity index is 1120. The topological polar surface area (TPSA) is 71.8 Å². The van der Waals surface area contributed by atoms with Crippen molar-refractivity contribution in [3.63, 3.8) is 0 Å². The molecule has 30 heavy (non-hydrogen) atoms. The van der Waals surface area contributed by atoms with Crippen molar-refractivity contribution in [3.05, 3.63) is 53.8 Å². The van der Waals surface area contributed by atoms with Crippen LogP contribution in [0.5, 0.6) is 5.75 Å². The minimum Gasteiger partial charge on any atom is -0.484 e. The number of furan rings is 1. The van der Waals surface area contributed by atoms with Gasteiger partial charge in [-0.15, -0.1) is 0 Å². The molecule has 5 rings (SSSR count). The third kappa shape index (κ3) is 3.65. The zero-order chi connectivity index (χ0) is 20.5. The van der Waals surface area contributed by atoms with Crippen LogP contribution < -0.4 is 15.0 Å². The summed E-state index contributed by atoms with van der Waals surface area (Å²) in [7, 11) is 0. The predicted octanol–water partition coefficient (Wildman–Crippen LogP) is 4.46. The van der Waals surface area contributed by atoms with E-state index in [9.17, 15) is 9.59 Å². The Labute approximate surface area is 174 Å². The second-order valence-corrected chi connectivity index (χ2v) is 7.90. The van der Waals surface area contributed by atoms with E-state index >= 15 is 0 Å². The Kier molecular flexibility index (Phi) is 4.91. The maximum Gasteiger partial charge on any atom is 0.262 e. The van der Waals surface area contributed by atoms with E-state index in [2.05, 4.69) is 5.32 Å². The van der Waals surface area contributed by atoms with Gasteiger partial charge in [0.2, 0.25) is 5.91 Å². The van der Waals surface area contributed by atoms with Crippen LogP contribution in [-0.4, -0.2) is 25.0 Å². The van der Waals surface area contributed by atoms with E-state index in [-0.39, 0.29) is 18.4 Å². The molecule has 0 unspecified atom stereocenters. The molecule has 154 valence electrons. The molecule has 3 aromatic rings. The minimum atomic E-state index is -0.241. The number of nitrogens with zero attached hydrogens (tertiary/aromatic N) is 1. The van der Waals surface area contributed by atoms with Gasteiger partial charge in [0.05, 0.1) is 0 Å². The highest BCUT2D eigenvalue weighted by atomic mass is 16.5. The van der Waals surface area contributed by atoms with Crippen LogP contribution in [0.3, 0.4) is 0 Å². The summed E-state index contributed by atoms with van der Waals surface area (Å²) in [6.45, 7) is 0.637. The molecule has 6 nitrogen and oxygen atoms in total. The maximum absolute atomic E-state index is 12.4. The van der Waals surface area contributed by atoms with Gasteiger partial charge in [0.25, 0.3) is 5.91 Å². The molecule has 1 aromatic heterocycles. The van der Waals surface area contributed by atoms with Crippen LogP contribution in [0.15, 0.2) is 46.9 Å². The number of hydrogen-bond donors (Lipinski definition) is 1. The van der Waals surface area contributed by atoms with Gasteiger partial charge in [-0.2, -0.15) is 0 Å². The number of nitrogens with one attached hydrogen (secondary N) is 1. The van der Waals surface area contributed by atoms with Crippen molar-refractivity contribution in [2.24, 2.45) is 0 Å². The average Bonchev–Trinajstić information content (AvgIpc) is 3.35. The van der Waals surface area contributed by atoms with Crippen molar-refractivity contribution in [2.75, 3.05) is 23.4 Å². The van der Waals surface area contributed by atoms with Crippen molar-refractivity contribution in [1.29, 1.82) is 0 Å². The van der Waals surface area contributed by atoms with E-state index in [1.54, 1.807) is 4.90 Å². The van der Waals surface area contributed by atoms with Gasteiger partial charge in [0.1, 0.15) is 17.1 Å². The summed E-state index contributed by atoms with van der Waals surface area (Å²) in [6.07, 6.45) is 5.82. The lowest BCUT2D eigenvalue weighted by atomic mass is 9.96. The van der Waals surface area contributed by atoms with Crippen LogP contribution in [0.4, 0.5) is 11.4 Å². The summed E-state index contributed by atoms with van der Waals surface area (Å²) >= 11 is 0. The largest absolute Gasteiger partial charge is 0.484 e. The molecule has 2 amide bonds. The SMILES string of the molecule is O=C(COc1ccc2oc3c(c2c1)CCCC3)Nc1cccc(N2CCCC2=O)c1. The van der Waals surface area contributed by atoms with Crippen LogP contribution in [-0.2, 0) is 22.4 Å². The minimum absolute atomic E-state index is 0.0849. The zero-order valence-corrected chi connectivity index (χ0v) is 16.8. The lowest BCUT2D eigenvalue weighted by Crippen LogP contribution is -2.24. The number of amides is 2. The fourth-order valence-electron chi connectivity index (χ4n) is 4.35. The average molecular weight is 404 g/mol. The van der Waals surface area contributed by atoms with Gasteiger partial charge >= 0.3 is 0 Å². The number of carbonyl (C=O) groups excluding carboxylic acids is 2. The van der Waals surface area contributed by atoms with Crippen LogP contribution in [0, 0.1) is 0 Å². The smallest absolute Gasteiger partial charge is 0.262 e. The molecule has 0 bridgehead atoms. The molecule has 0 spiro atoms. The molecular formula is C24H24N2O4. The summed E-state index contributed by atoms with van der Waals surface area (Å²) in [4.78, 5) is 26.1. The Balaban J connectivity index is 1.24. The van der Waals surface area contributed by atoms with E-state index < -0.39 is 0 Å². The molecule has 1 aliphatic heterocycles. The van der Waals surface area contributed by atoms with Gasteiger partial charge in [-0.3, -0.25) is 9.59 Å². The molecule has 1 aliphatic carbocycles. The monoisotopic (exact) mass is 404 g/mol. The molecule has 0 saturated carbocycles. The van der Waals surface area contributed by atoms with Crippen LogP contribution in [0.2, 0.25) is 0 Å². The second kappa shape index (κ2) is 7.86. The van der Waals surface area contributed by atoms with Crippen molar-refractivity contribution in [3.8, 4) is 5.75 Å². The number of ether oxygens (including phenoxy) is 1. The molecular weight excluding hydrogens is 380 g/mol. The third-order valence-electron chi connectivity index (χ3n) is 5.81. The molecule has 0 radical (unpaired) electrons. The first-order valence-electron chi connectivity index (χ1n) is 10.5. The Morgan fingerprint density at radius 1 is 1.07 bits per heavy atom. The standard InChI is InChI=1S/C24H24N2O4/c27-23(25-16-5-3-6-17(13-16)26-12-4-9-24(26)28)15-29-18-10-11-22-20(14-18)19-7-1-2-8-21(19)30-22/h3,5-6,10-11,13-14H,1-2,4,7-9,12,15H2,(H,25,27). The van der Waals surface area contributed by atoms with Gasteiger partial charge in [0.15, 0.2) is 6.61 Å². The fourth-order valence-corrected chi connectivity index (χ4v) is 4.35. The Hall–Kier alpha value is -3.28. The van der Waals surface area contributed by atoms with E-state index in [0.29, 0.717) is 17.9 Å². The second-order valence-electron chi connectivity index (χ2n) is 7.90. The van der Waals surface area contributed by atoms with Crippen LogP contribution in [0.1, 0.15) is 37.0 Å².